The zero-order valence-corrected chi connectivity index (χ0v) is 7.48. The third kappa shape index (κ3) is 1.21. The van der Waals surface area contributed by atoms with Crippen molar-refractivity contribution in [3.63, 3.8) is 0 Å². The highest BCUT2D eigenvalue weighted by Crippen LogP contribution is 2.27. The summed E-state index contributed by atoms with van der Waals surface area (Å²) in [5.74, 6) is 0.318. The maximum absolute atomic E-state index is 11.3. The normalized spacial score (nSPS) is 10.4. The number of fused-ring (bicyclic) bond motifs is 1. The zero-order chi connectivity index (χ0) is 10.1. The molecule has 0 aliphatic carbocycles. The van der Waals surface area contributed by atoms with Crippen LogP contribution in [0.2, 0.25) is 0 Å². The van der Waals surface area contributed by atoms with Gasteiger partial charge in [-0.05, 0) is 0 Å². The lowest BCUT2D eigenvalue weighted by molar-refractivity contribution is 0.408. The van der Waals surface area contributed by atoms with Crippen molar-refractivity contribution in [2.75, 3.05) is 7.11 Å². The summed E-state index contributed by atoms with van der Waals surface area (Å²) >= 11 is 0. The lowest BCUT2D eigenvalue weighted by atomic mass is 10.2. The molecule has 0 fully saturated rings. The SMILES string of the molecule is COc1cc(O)c2c(=O)ccoc2c1. The van der Waals surface area contributed by atoms with Gasteiger partial charge < -0.3 is 14.3 Å². The zero-order valence-electron chi connectivity index (χ0n) is 7.48. The first kappa shape index (κ1) is 8.62. The first-order valence-electron chi connectivity index (χ1n) is 4.01. The number of rotatable bonds is 1. The molecule has 0 spiro atoms. The third-order valence-electron chi connectivity index (χ3n) is 1.95. The van der Waals surface area contributed by atoms with Crippen LogP contribution in [0.4, 0.5) is 0 Å². The lowest BCUT2D eigenvalue weighted by Crippen LogP contribution is -1.98. The molecule has 2 aromatic rings. The Morgan fingerprint density at radius 1 is 1.43 bits per heavy atom. The van der Waals surface area contributed by atoms with E-state index in [1.807, 2.05) is 0 Å². The van der Waals surface area contributed by atoms with Crippen molar-refractivity contribution >= 4 is 11.0 Å². The van der Waals surface area contributed by atoms with Gasteiger partial charge in [0.2, 0.25) is 0 Å². The van der Waals surface area contributed by atoms with Crippen LogP contribution in [-0.4, -0.2) is 12.2 Å². The highest BCUT2D eigenvalue weighted by molar-refractivity contribution is 5.84. The van der Waals surface area contributed by atoms with Crippen LogP contribution in [0.1, 0.15) is 0 Å². The van der Waals surface area contributed by atoms with Gasteiger partial charge in [-0.15, -0.1) is 0 Å². The van der Waals surface area contributed by atoms with E-state index in [1.54, 1.807) is 6.07 Å². The summed E-state index contributed by atoms with van der Waals surface area (Å²) < 4.78 is 10.00. The molecule has 14 heavy (non-hydrogen) atoms. The van der Waals surface area contributed by atoms with Gasteiger partial charge in [0.15, 0.2) is 5.43 Å². The Morgan fingerprint density at radius 3 is 2.93 bits per heavy atom. The standard InChI is InChI=1S/C10H8O4/c1-13-6-4-8(12)10-7(11)2-3-14-9(10)5-6/h2-5,12H,1H3. The van der Waals surface area contributed by atoms with Crippen molar-refractivity contribution in [2.24, 2.45) is 0 Å². The Bertz CT molecular complexity index is 527. The smallest absolute Gasteiger partial charge is 0.196 e. The topological polar surface area (TPSA) is 59.7 Å². The minimum Gasteiger partial charge on any atom is -0.507 e. The molecule has 2 rings (SSSR count). The molecule has 0 bridgehead atoms. The Balaban J connectivity index is 2.90. The molecule has 0 aliphatic heterocycles. The molecular formula is C10H8O4. The van der Waals surface area contributed by atoms with Gasteiger partial charge in [0.1, 0.15) is 22.5 Å². The maximum Gasteiger partial charge on any atom is 0.196 e. The predicted molar refractivity (Wildman–Crippen MR) is 50.7 cm³/mol. The average molecular weight is 192 g/mol. The van der Waals surface area contributed by atoms with E-state index in [1.165, 1.54) is 25.5 Å². The van der Waals surface area contributed by atoms with Crippen LogP contribution < -0.4 is 10.2 Å². The molecule has 4 nitrogen and oxygen atoms in total. The number of phenols is 1. The number of hydrogen-bond acceptors (Lipinski definition) is 4. The molecule has 4 heteroatoms. The van der Waals surface area contributed by atoms with E-state index in [4.69, 9.17) is 9.15 Å². The summed E-state index contributed by atoms with van der Waals surface area (Å²) in [6.07, 6.45) is 1.28. The van der Waals surface area contributed by atoms with Gasteiger partial charge in [-0.1, -0.05) is 0 Å². The summed E-state index contributed by atoms with van der Waals surface area (Å²) in [4.78, 5) is 11.3. The Kier molecular flexibility index (Phi) is 1.89. The van der Waals surface area contributed by atoms with Crippen LogP contribution >= 0.6 is 0 Å². The van der Waals surface area contributed by atoms with Gasteiger partial charge in [-0.25, -0.2) is 0 Å². The van der Waals surface area contributed by atoms with Crippen LogP contribution in [0.15, 0.2) is 33.7 Å². The van der Waals surface area contributed by atoms with Crippen LogP contribution in [0.25, 0.3) is 11.0 Å². The first-order chi connectivity index (χ1) is 6.72. The molecule has 0 atom stereocenters. The first-order valence-corrected chi connectivity index (χ1v) is 4.01. The van der Waals surface area contributed by atoms with Gasteiger partial charge in [-0.2, -0.15) is 0 Å². The van der Waals surface area contributed by atoms with E-state index in [-0.39, 0.29) is 16.6 Å². The molecular weight excluding hydrogens is 184 g/mol. The fourth-order valence-electron chi connectivity index (χ4n) is 1.29. The van der Waals surface area contributed by atoms with E-state index in [0.29, 0.717) is 11.3 Å². The van der Waals surface area contributed by atoms with Crippen molar-refractivity contribution in [3.8, 4) is 11.5 Å². The van der Waals surface area contributed by atoms with Crippen LogP contribution in [0.5, 0.6) is 11.5 Å². The van der Waals surface area contributed by atoms with Crippen LogP contribution in [0.3, 0.4) is 0 Å². The molecule has 1 heterocycles. The maximum atomic E-state index is 11.3. The van der Waals surface area contributed by atoms with Crippen molar-refractivity contribution < 1.29 is 14.3 Å². The largest absolute Gasteiger partial charge is 0.507 e. The molecule has 1 N–H and O–H groups in total. The predicted octanol–water partition coefficient (Wildman–Crippen LogP) is 1.51. The summed E-state index contributed by atoms with van der Waals surface area (Å²) in [6, 6.07) is 4.18. The van der Waals surface area contributed by atoms with Crippen molar-refractivity contribution in [1.29, 1.82) is 0 Å². The molecule has 0 aliphatic rings. The third-order valence-corrected chi connectivity index (χ3v) is 1.95. The number of methoxy groups -OCH3 is 1. The average Bonchev–Trinajstić information content (AvgIpc) is 2.17. The molecule has 72 valence electrons. The summed E-state index contributed by atoms with van der Waals surface area (Å²) in [6.45, 7) is 0. The second-order valence-electron chi connectivity index (χ2n) is 2.80. The number of phenolic OH excluding ortho intramolecular Hbond substituents is 1. The van der Waals surface area contributed by atoms with Gasteiger partial charge in [0.25, 0.3) is 0 Å². The highest BCUT2D eigenvalue weighted by Gasteiger charge is 2.07. The summed E-state index contributed by atoms with van der Waals surface area (Å²) in [5, 5.41) is 9.70. The van der Waals surface area contributed by atoms with Crippen LogP contribution in [0, 0.1) is 0 Å². The van der Waals surface area contributed by atoms with Crippen molar-refractivity contribution in [3.05, 3.63) is 34.7 Å². The number of ether oxygens (including phenoxy) is 1. The van der Waals surface area contributed by atoms with Crippen molar-refractivity contribution in [1.82, 2.24) is 0 Å². The van der Waals surface area contributed by atoms with E-state index < -0.39 is 0 Å². The Hall–Kier alpha value is -1.97. The highest BCUT2D eigenvalue weighted by atomic mass is 16.5. The van der Waals surface area contributed by atoms with Gasteiger partial charge in [-0.3, -0.25) is 4.79 Å². The summed E-state index contributed by atoms with van der Waals surface area (Å²) in [7, 11) is 1.47. The quantitative estimate of drug-likeness (QED) is 0.743. The minimum absolute atomic E-state index is 0.131. The number of hydrogen-bond donors (Lipinski definition) is 1. The fourth-order valence-corrected chi connectivity index (χ4v) is 1.29. The molecule has 0 unspecified atom stereocenters. The molecule has 0 radical (unpaired) electrons. The summed E-state index contributed by atoms with van der Waals surface area (Å²) in [5.41, 5.74) is 0.0424. The fraction of sp³-hybridized carbons (Fsp3) is 0.100. The molecule has 1 aromatic heterocycles. The van der Waals surface area contributed by atoms with Gasteiger partial charge >= 0.3 is 0 Å². The second kappa shape index (κ2) is 3.06. The Morgan fingerprint density at radius 2 is 2.21 bits per heavy atom. The van der Waals surface area contributed by atoms with Crippen molar-refractivity contribution in [2.45, 2.75) is 0 Å². The number of benzene rings is 1. The van der Waals surface area contributed by atoms with E-state index in [9.17, 15) is 9.90 Å². The molecule has 0 amide bonds. The van der Waals surface area contributed by atoms with E-state index in [2.05, 4.69) is 0 Å². The monoisotopic (exact) mass is 192 g/mol. The van der Waals surface area contributed by atoms with Gasteiger partial charge in [0.05, 0.1) is 13.4 Å². The Labute approximate surface area is 79.4 Å². The number of aromatic hydroxyl groups is 1. The second-order valence-corrected chi connectivity index (χ2v) is 2.80. The minimum atomic E-state index is -0.272. The molecule has 0 saturated carbocycles. The molecule has 0 saturated heterocycles. The lowest BCUT2D eigenvalue weighted by Gasteiger charge is -2.02. The van der Waals surface area contributed by atoms with Crippen LogP contribution in [-0.2, 0) is 0 Å². The van der Waals surface area contributed by atoms with Gasteiger partial charge in [0, 0.05) is 18.2 Å². The van der Waals surface area contributed by atoms with E-state index in [0.717, 1.165) is 0 Å². The molecule has 1 aromatic carbocycles. The van der Waals surface area contributed by atoms with E-state index >= 15 is 0 Å².